The van der Waals surface area contributed by atoms with E-state index in [1.165, 1.54) is 12.1 Å². The summed E-state index contributed by atoms with van der Waals surface area (Å²) in [5.41, 5.74) is 1.64. The molecule has 3 heteroatoms. The summed E-state index contributed by atoms with van der Waals surface area (Å²) in [5.74, 6) is 0. The fourth-order valence-corrected chi connectivity index (χ4v) is 2.35. The minimum absolute atomic E-state index is 0.338. The molecule has 1 aliphatic rings. The Kier molecular flexibility index (Phi) is 3.67. The number of rotatable bonds is 3. The van der Waals surface area contributed by atoms with Gasteiger partial charge < -0.3 is 4.90 Å². The van der Waals surface area contributed by atoms with Crippen LogP contribution in [0.25, 0.3) is 0 Å². The van der Waals surface area contributed by atoms with Crippen molar-refractivity contribution in [1.29, 1.82) is 0 Å². The van der Waals surface area contributed by atoms with Crippen LogP contribution in [0.1, 0.15) is 27.2 Å². The number of hydrogen-bond acceptors (Lipinski definition) is 3. The van der Waals surface area contributed by atoms with Crippen LogP contribution in [0.5, 0.6) is 0 Å². The largest absolute Gasteiger partial charge is 0.369 e. The van der Waals surface area contributed by atoms with E-state index in [0.29, 0.717) is 5.54 Å². The van der Waals surface area contributed by atoms with Gasteiger partial charge in [0.25, 0.3) is 0 Å². The first-order valence-corrected chi connectivity index (χ1v) is 6.53. The molecule has 1 aromatic rings. The third-order valence-corrected chi connectivity index (χ3v) is 4.03. The van der Waals surface area contributed by atoms with Gasteiger partial charge >= 0.3 is 0 Å². The van der Waals surface area contributed by atoms with Gasteiger partial charge in [-0.3, -0.25) is 9.88 Å². The van der Waals surface area contributed by atoms with Crippen molar-refractivity contribution >= 4 is 5.69 Å². The summed E-state index contributed by atoms with van der Waals surface area (Å²) in [4.78, 5) is 9.12. The summed E-state index contributed by atoms with van der Waals surface area (Å²) >= 11 is 0. The highest BCUT2D eigenvalue weighted by Gasteiger charge is 2.28. The third-order valence-electron chi connectivity index (χ3n) is 4.03. The fourth-order valence-electron chi connectivity index (χ4n) is 2.35. The Morgan fingerprint density at radius 3 is 2.24 bits per heavy atom. The predicted molar refractivity (Wildman–Crippen MR) is 72.4 cm³/mol. The second-order valence-corrected chi connectivity index (χ2v) is 5.35. The first-order valence-electron chi connectivity index (χ1n) is 6.53. The molecule has 0 unspecified atom stereocenters. The standard InChI is InChI=1S/C14H23N3/c1-4-14(2,3)17-11-9-16(10-12-17)13-5-7-15-8-6-13/h5-8H,4,9-12H2,1-3H3. The van der Waals surface area contributed by atoms with Crippen molar-refractivity contribution in [3.63, 3.8) is 0 Å². The first-order chi connectivity index (χ1) is 8.13. The van der Waals surface area contributed by atoms with Crippen LogP contribution in [0.3, 0.4) is 0 Å². The summed E-state index contributed by atoms with van der Waals surface area (Å²) in [7, 11) is 0. The smallest absolute Gasteiger partial charge is 0.0397 e. The van der Waals surface area contributed by atoms with Gasteiger partial charge in [0.05, 0.1) is 0 Å². The molecule has 3 nitrogen and oxygen atoms in total. The molecule has 0 bridgehead atoms. The van der Waals surface area contributed by atoms with E-state index in [0.717, 1.165) is 26.2 Å². The molecule has 0 saturated carbocycles. The van der Waals surface area contributed by atoms with E-state index in [1.807, 2.05) is 12.4 Å². The molecule has 2 heterocycles. The minimum atomic E-state index is 0.338. The van der Waals surface area contributed by atoms with E-state index in [-0.39, 0.29) is 0 Å². The van der Waals surface area contributed by atoms with Crippen molar-refractivity contribution in [1.82, 2.24) is 9.88 Å². The molecule has 0 spiro atoms. The van der Waals surface area contributed by atoms with Crippen molar-refractivity contribution in [3.8, 4) is 0 Å². The molecule has 2 rings (SSSR count). The van der Waals surface area contributed by atoms with Gasteiger partial charge in [-0.05, 0) is 32.4 Å². The summed E-state index contributed by atoms with van der Waals surface area (Å²) in [6.07, 6.45) is 4.96. The van der Waals surface area contributed by atoms with E-state index in [4.69, 9.17) is 0 Å². The van der Waals surface area contributed by atoms with Crippen LogP contribution < -0.4 is 4.90 Å². The van der Waals surface area contributed by atoms with Crippen LogP contribution in [0.15, 0.2) is 24.5 Å². The molecule has 0 aliphatic carbocycles. The van der Waals surface area contributed by atoms with Crippen molar-refractivity contribution < 1.29 is 0 Å². The quantitative estimate of drug-likeness (QED) is 0.799. The molecule has 1 saturated heterocycles. The average Bonchev–Trinajstić information content (AvgIpc) is 2.40. The third kappa shape index (κ3) is 2.78. The number of anilines is 1. The van der Waals surface area contributed by atoms with Crippen molar-refractivity contribution in [2.24, 2.45) is 0 Å². The van der Waals surface area contributed by atoms with E-state index in [9.17, 15) is 0 Å². The normalized spacial score (nSPS) is 18.4. The number of nitrogens with zero attached hydrogens (tertiary/aromatic N) is 3. The van der Waals surface area contributed by atoms with Crippen LogP contribution in [-0.2, 0) is 0 Å². The molecule has 0 amide bonds. The second kappa shape index (κ2) is 5.05. The Hall–Kier alpha value is -1.09. The highest BCUT2D eigenvalue weighted by atomic mass is 15.3. The van der Waals surface area contributed by atoms with Crippen LogP contribution >= 0.6 is 0 Å². The van der Waals surface area contributed by atoms with Crippen molar-refractivity contribution in [2.75, 3.05) is 31.1 Å². The van der Waals surface area contributed by atoms with Crippen LogP contribution in [0, 0.1) is 0 Å². The Bertz CT molecular complexity index is 340. The topological polar surface area (TPSA) is 19.4 Å². The van der Waals surface area contributed by atoms with Gasteiger partial charge in [0, 0.05) is 49.8 Å². The Morgan fingerprint density at radius 2 is 1.71 bits per heavy atom. The average molecular weight is 233 g/mol. The SMILES string of the molecule is CCC(C)(C)N1CCN(c2ccncc2)CC1. The van der Waals surface area contributed by atoms with Gasteiger partial charge in [0.1, 0.15) is 0 Å². The summed E-state index contributed by atoms with van der Waals surface area (Å²) in [6.45, 7) is 11.5. The molecule has 0 aromatic carbocycles. The van der Waals surface area contributed by atoms with Crippen molar-refractivity contribution in [2.45, 2.75) is 32.7 Å². The van der Waals surface area contributed by atoms with Crippen LogP contribution in [0.2, 0.25) is 0 Å². The molecule has 94 valence electrons. The molecule has 1 aromatic heterocycles. The lowest BCUT2D eigenvalue weighted by Gasteiger charge is -2.44. The van der Waals surface area contributed by atoms with Crippen LogP contribution in [-0.4, -0.2) is 41.6 Å². The number of hydrogen-bond donors (Lipinski definition) is 0. The zero-order chi connectivity index (χ0) is 12.3. The maximum atomic E-state index is 4.07. The van der Waals surface area contributed by atoms with E-state index in [2.05, 4.69) is 47.7 Å². The van der Waals surface area contributed by atoms with E-state index < -0.39 is 0 Å². The summed E-state index contributed by atoms with van der Waals surface area (Å²) in [5, 5.41) is 0. The minimum Gasteiger partial charge on any atom is -0.369 e. The zero-order valence-corrected chi connectivity index (χ0v) is 11.2. The summed E-state index contributed by atoms with van der Waals surface area (Å²) in [6, 6.07) is 4.20. The fraction of sp³-hybridized carbons (Fsp3) is 0.643. The van der Waals surface area contributed by atoms with E-state index >= 15 is 0 Å². The molecule has 1 fully saturated rings. The molecule has 0 atom stereocenters. The zero-order valence-electron chi connectivity index (χ0n) is 11.2. The van der Waals surface area contributed by atoms with Gasteiger partial charge in [-0.25, -0.2) is 0 Å². The highest BCUT2D eigenvalue weighted by molar-refractivity contribution is 5.45. The monoisotopic (exact) mass is 233 g/mol. The van der Waals surface area contributed by atoms with Gasteiger partial charge in [-0.2, -0.15) is 0 Å². The Morgan fingerprint density at radius 1 is 1.12 bits per heavy atom. The predicted octanol–water partition coefficient (Wildman–Crippen LogP) is 2.39. The van der Waals surface area contributed by atoms with E-state index in [1.54, 1.807) is 0 Å². The number of pyridine rings is 1. The lowest BCUT2D eigenvalue weighted by atomic mass is 9.98. The van der Waals surface area contributed by atoms with Crippen molar-refractivity contribution in [3.05, 3.63) is 24.5 Å². The maximum Gasteiger partial charge on any atom is 0.0397 e. The molecule has 17 heavy (non-hydrogen) atoms. The van der Waals surface area contributed by atoms with Crippen LogP contribution in [0.4, 0.5) is 5.69 Å². The maximum absolute atomic E-state index is 4.07. The summed E-state index contributed by atoms with van der Waals surface area (Å²) < 4.78 is 0. The molecule has 0 N–H and O–H groups in total. The van der Waals surface area contributed by atoms with Gasteiger partial charge in [0.2, 0.25) is 0 Å². The Labute approximate surface area is 104 Å². The molecule has 0 radical (unpaired) electrons. The van der Waals surface area contributed by atoms with Gasteiger partial charge in [-0.15, -0.1) is 0 Å². The highest BCUT2D eigenvalue weighted by Crippen LogP contribution is 2.22. The lowest BCUT2D eigenvalue weighted by Crippen LogP contribution is -2.54. The molecular weight excluding hydrogens is 210 g/mol. The lowest BCUT2D eigenvalue weighted by molar-refractivity contribution is 0.108. The molecular formula is C14H23N3. The van der Waals surface area contributed by atoms with Gasteiger partial charge in [0.15, 0.2) is 0 Å². The van der Waals surface area contributed by atoms with Gasteiger partial charge in [-0.1, -0.05) is 6.92 Å². The molecule has 1 aliphatic heterocycles. The first kappa shape index (κ1) is 12.4. The number of aromatic nitrogens is 1. The Balaban J connectivity index is 1.95. The number of piperazine rings is 1. The second-order valence-electron chi connectivity index (χ2n) is 5.35.